The predicted molar refractivity (Wildman–Crippen MR) is 150 cm³/mol. The molecule has 0 aliphatic carbocycles. The number of nitrogen functional groups attached to an aromatic ring is 1. The molecule has 0 radical (unpaired) electrons. The molecule has 1 fully saturated rings. The molecule has 11 nitrogen and oxygen atoms in total. The highest BCUT2D eigenvalue weighted by Crippen LogP contribution is 2.38. The van der Waals surface area contributed by atoms with Crippen LogP contribution in [-0.4, -0.2) is 68.7 Å². The summed E-state index contributed by atoms with van der Waals surface area (Å²) < 4.78 is 51.3. The van der Waals surface area contributed by atoms with E-state index in [0.29, 0.717) is 83.3 Å². The quantitative estimate of drug-likeness (QED) is 0.289. The van der Waals surface area contributed by atoms with Crippen molar-refractivity contribution in [1.82, 2.24) is 24.7 Å². The third-order valence-electron chi connectivity index (χ3n) is 6.71. The molecule has 3 heterocycles. The first-order valence-corrected chi connectivity index (χ1v) is 13.8. The normalized spacial score (nSPS) is 15.2. The lowest BCUT2D eigenvalue weighted by molar-refractivity contribution is 0.122. The Bertz CT molecular complexity index is 1530. The van der Waals surface area contributed by atoms with E-state index in [9.17, 15) is 8.76 Å². The van der Waals surface area contributed by atoms with E-state index in [-0.39, 0.29) is 24.2 Å². The largest absolute Gasteiger partial charge is 0.760 e. The molecule has 4 aromatic rings. The lowest BCUT2D eigenvalue weighted by Crippen LogP contribution is -2.37. The third kappa shape index (κ3) is 6.02. The number of hydrogen-bond donors (Lipinski definition) is 2. The van der Waals surface area contributed by atoms with Gasteiger partial charge in [-0.3, -0.25) is 4.21 Å². The van der Waals surface area contributed by atoms with Crippen LogP contribution in [0.1, 0.15) is 12.5 Å². The van der Waals surface area contributed by atoms with Gasteiger partial charge in [-0.1, -0.05) is 25.1 Å². The Morgan fingerprint density at radius 1 is 1.20 bits per heavy atom. The van der Waals surface area contributed by atoms with Crippen LogP contribution in [0.5, 0.6) is 5.75 Å². The van der Waals surface area contributed by atoms with Crippen molar-refractivity contribution >= 4 is 33.9 Å². The highest BCUT2D eigenvalue weighted by atomic mass is 32.2. The van der Waals surface area contributed by atoms with Crippen molar-refractivity contribution in [2.75, 3.05) is 50.6 Å². The van der Waals surface area contributed by atoms with E-state index < -0.39 is 11.3 Å². The van der Waals surface area contributed by atoms with Gasteiger partial charge in [0.15, 0.2) is 5.82 Å². The van der Waals surface area contributed by atoms with Gasteiger partial charge in [-0.2, -0.15) is 0 Å². The van der Waals surface area contributed by atoms with E-state index in [1.807, 2.05) is 13.0 Å². The van der Waals surface area contributed by atoms with Crippen molar-refractivity contribution in [3.05, 3.63) is 54.1 Å². The van der Waals surface area contributed by atoms with E-state index in [0.717, 1.165) is 0 Å². The molecule has 0 bridgehead atoms. The number of hydrogen-bond acceptors (Lipinski definition) is 10. The molecule has 13 heteroatoms. The van der Waals surface area contributed by atoms with E-state index in [1.165, 1.54) is 0 Å². The fourth-order valence-corrected chi connectivity index (χ4v) is 5.13. The van der Waals surface area contributed by atoms with Crippen molar-refractivity contribution < 1.29 is 22.6 Å². The lowest BCUT2D eigenvalue weighted by atomic mass is 9.95. The molecule has 0 spiro atoms. The molecule has 1 aliphatic heterocycles. The average Bonchev–Trinajstić information content (AvgIpc) is 2.97. The molecule has 2 aromatic carbocycles. The molecule has 2 unspecified atom stereocenters. The summed E-state index contributed by atoms with van der Waals surface area (Å²) in [6.45, 7) is 4.42. The zero-order chi connectivity index (χ0) is 28.2. The molecule has 5 rings (SSSR count). The Morgan fingerprint density at radius 3 is 2.65 bits per heavy atom. The summed E-state index contributed by atoms with van der Waals surface area (Å²) in [6.07, 6.45) is 3.50. The van der Waals surface area contributed by atoms with Gasteiger partial charge in [0.05, 0.1) is 25.9 Å². The second kappa shape index (κ2) is 12.2. The van der Waals surface area contributed by atoms with Gasteiger partial charge in [-0.05, 0) is 35.6 Å². The van der Waals surface area contributed by atoms with Crippen LogP contribution in [0.4, 0.5) is 16.2 Å². The molecule has 0 saturated carbocycles. The summed E-state index contributed by atoms with van der Waals surface area (Å²) >= 11 is -2.36. The minimum Gasteiger partial charge on any atom is -0.760 e. The van der Waals surface area contributed by atoms with Crippen molar-refractivity contribution in [2.24, 2.45) is 5.92 Å². The van der Waals surface area contributed by atoms with Crippen LogP contribution in [-0.2, 0) is 22.4 Å². The van der Waals surface area contributed by atoms with Gasteiger partial charge >= 0.3 is 0 Å². The SMILES string of the molecule is COc1cc(-c2cccc(CC(C)CNS(=O)[O-])c2F)cc2c(N3CCOCC3)nc(-c3cnc(N)nc3)nc12. The first-order chi connectivity index (χ1) is 19.3. The van der Waals surface area contributed by atoms with Gasteiger partial charge in [0.25, 0.3) is 0 Å². The number of rotatable bonds is 9. The minimum absolute atomic E-state index is 0.106. The van der Waals surface area contributed by atoms with Crippen LogP contribution >= 0.6 is 0 Å². The van der Waals surface area contributed by atoms with Gasteiger partial charge in [-0.25, -0.2) is 29.0 Å². The number of methoxy groups -OCH3 is 1. The molecule has 1 saturated heterocycles. The maximum Gasteiger partial charge on any atom is 0.219 e. The maximum atomic E-state index is 15.9. The molecule has 1 aliphatic rings. The molecule has 40 heavy (non-hydrogen) atoms. The molecule has 2 aromatic heterocycles. The monoisotopic (exact) mass is 566 g/mol. The summed E-state index contributed by atoms with van der Waals surface area (Å²) in [5.74, 6) is 1.21. The summed E-state index contributed by atoms with van der Waals surface area (Å²) in [7, 11) is 1.54. The number of aromatic nitrogens is 4. The maximum absolute atomic E-state index is 15.9. The minimum atomic E-state index is -2.36. The standard InChI is InChI=1S/C27H30FN7O4S/c1-16(13-32-40(36)37)10-17-4-3-5-20(23(17)28)18-11-21-24(22(12-18)38-2)33-25(19-14-30-27(29)31-15-19)34-26(21)35-6-8-39-9-7-35/h3-5,11-12,14-16,32H,6-10,13H2,1-2H3,(H,36,37)(H2,29,30,31)/p-1. The van der Waals surface area contributed by atoms with Crippen LogP contribution in [0, 0.1) is 11.7 Å². The number of nitrogens with two attached hydrogens (primary N) is 1. The van der Waals surface area contributed by atoms with E-state index in [4.69, 9.17) is 25.2 Å². The summed E-state index contributed by atoms with van der Waals surface area (Å²) in [5, 5.41) is 0.705. The fraction of sp³-hybridized carbons (Fsp3) is 0.333. The average molecular weight is 567 g/mol. The van der Waals surface area contributed by atoms with Crippen LogP contribution in [0.2, 0.25) is 0 Å². The summed E-state index contributed by atoms with van der Waals surface area (Å²) in [5.41, 5.74) is 8.33. The highest BCUT2D eigenvalue weighted by Gasteiger charge is 2.22. The second-order valence-corrected chi connectivity index (χ2v) is 10.3. The third-order valence-corrected chi connectivity index (χ3v) is 7.12. The molecule has 2 atom stereocenters. The molecular formula is C27H29FN7O4S-. The van der Waals surface area contributed by atoms with E-state index in [2.05, 4.69) is 19.6 Å². The van der Waals surface area contributed by atoms with Gasteiger partial charge in [0, 0.05) is 54.2 Å². The lowest BCUT2D eigenvalue weighted by Gasteiger charge is -2.29. The Kier molecular flexibility index (Phi) is 8.45. The number of fused-ring (bicyclic) bond motifs is 1. The number of ether oxygens (including phenoxy) is 2. The summed E-state index contributed by atoms with van der Waals surface area (Å²) in [6, 6.07) is 8.85. The molecular weight excluding hydrogens is 537 g/mol. The first-order valence-electron chi connectivity index (χ1n) is 12.7. The molecule has 0 amide bonds. The fourth-order valence-electron chi connectivity index (χ4n) is 4.71. The summed E-state index contributed by atoms with van der Waals surface area (Å²) in [4.78, 5) is 19.9. The van der Waals surface area contributed by atoms with Gasteiger partial charge in [0.1, 0.15) is 22.9 Å². The second-order valence-electron chi connectivity index (χ2n) is 9.55. The van der Waals surface area contributed by atoms with Crippen molar-refractivity contribution in [3.63, 3.8) is 0 Å². The number of benzene rings is 2. The Labute approximate surface area is 233 Å². The number of morpholine rings is 1. The topological polar surface area (TPSA) is 151 Å². The Balaban J connectivity index is 1.62. The van der Waals surface area contributed by atoms with Crippen molar-refractivity contribution in [1.29, 1.82) is 0 Å². The van der Waals surface area contributed by atoms with Crippen LogP contribution in [0.3, 0.4) is 0 Å². The number of nitrogens with one attached hydrogen (secondary N) is 1. The van der Waals surface area contributed by atoms with Gasteiger partial charge in [0.2, 0.25) is 5.95 Å². The number of halogens is 1. The van der Waals surface area contributed by atoms with Gasteiger partial charge in [-0.15, -0.1) is 0 Å². The van der Waals surface area contributed by atoms with Crippen LogP contribution < -0.4 is 20.1 Å². The molecule has 210 valence electrons. The number of anilines is 2. The Hall–Kier alpha value is -3.78. The van der Waals surface area contributed by atoms with Crippen molar-refractivity contribution in [2.45, 2.75) is 13.3 Å². The first kappa shape index (κ1) is 27.8. The smallest absolute Gasteiger partial charge is 0.219 e. The van der Waals surface area contributed by atoms with Crippen LogP contribution in [0.25, 0.3) is 33.4 Å². The molecule has 3 N–H and O–H groups in total. The zero-order valence-corrected chi connectivity index (χ0v) is 22.9. The predicted octanol–water partition coefficient (Wildman–Crippen LogP) is 2.88. The zero-order valence-electron chi connectivity index (χ0n) is 22.1. The van der Waals surface area contributed by atoms with Crippen LogP contribution in [0.15, 0.2) is 42.7 Å². The van der Waals surface area contributed by atoms with E-state index >= 15 is 4.39 Å². The Morgan fingerprint density at radius 2 is 1.95 bits per heavy atom. The van der Waals surface area contributed by atoms with E-state index in [1.54, 1.807) is 43.8 Å². The highest BCUT2D eigenvalue weighted by molar-refractivity contribution is 7.77. The van der Waals surface area contributed by atoms with Crippen molar-refractivity contribution in [3.8, 4) is 28.3 Å². The van der Waals surface area contributed by atoms with Gasteiger partial charge < -0.3 is 24.7 Å². The number of nitrogens with zero attached hydrogens (tertiary/aromatic N) is 5.